The van der Waals surface area contributed by atoms with Gasteiger partial charge in [0.2, 0.25) is 17.6 Å². The predicted molar refractivity (Wildman–Crippen MR) is 199 cm³/mol. The standard InChI is InChI=1S/C41H63N5O7/c1-7-8-14-29(34(48)36(50)42-16-15-30(47)53-39(2,3)4)43-35(49)33-31-28(40(31,5)6)23-46(33)37(51)32(27-12-10-9-11-13-27)44-38(52)45-41-20-24-17-25(21-41)19-26(18-24)22-41/h7,24-29,31-33H,1,8-23H2,2-6H3,(H,42,50)(H,43,49)(H2,44,45,52)/t24?,25?,26?,28?,29?,31-,32-,33-,41?/m0/s1. The number of rotatable bonds is 14. The van der Waals surface area contributed by atoms with Crippen LogP contribution in [0.15, 0.2) is 12.7 Å². The number of piperidine rings is 1. The molecule has 7 aliphatic rings. The minimum absolute atomic E-state index is 0.0293. The average Bonchev–Trinajstić information content (AvgIpc) is 3.38. The highest BCUT2D eigenvalue weighted by Crippen LogP contribution is 2.65. The normalized spacial score (nSPS) is 32.1. The SMILES string of the molecule is C=CCCC(NC(=O)[C@@H]1[C@@H]2C(CN1C(=O)[C@@H](NC(=O)NC13CC4CC(CC(C4)C1)C3)C1CCCCC1)C2(C)C)C(=O)C(=O)NCCC(=O)OC(C)(C)C. The van der Waals surface area contributed by atoms with Crippen molar-refractivity contribution in [3.63, 3.8) is 0 Å². The van der Waals surface area contributed by atoms with E-state index in [1.807, 2.05) is 0 Å². The summed E-state index contributed by atoms with van der Waals surface area (Å²) in [5.74, 6) is -0.973. The summed E-state index contributed by atoms with van der Waals surface area (Å²) in [4.78, 5) is 83.0. The first-order valence-corrected chi connectivity index (χ1v) is 20.3. The van der Waals surface area contributed by atoms with Crippen LogP contribution in [-0.2, 0) is 28.7 Å². The van der Waals surface area contributed by atoms with Crippen LogP contribution in [0.5, 0.6) is 0 Å². The first-order valence-electron chi connectivity index (χ1n) is 20.3. The molecule has 0 aromatic carbocycles. The number of fused-ring (bicyclic) bond motifs is 1. The molecule has 0 spiro atoms. The molecule has 1 aliphatic heterocycles. The lowest BCUT2D eigenvalue weighted by molar-refractivity contribution is -0.154. The van der Waals surface area contributed by atoms with Crippen molar-refractivity contribution in [3.05, 3.63) is 12.7 Å². The van der Waals surface area contributed by atoms with Crippen LogP contribution in [0, 0.1) is 40.9 Å². The fourth-order valence-corrected chi connectivity index (χ4v) is 11.2. The Balaban J connectivity index is 1.14. The van der Waals surface area contributed by atoms with Crippen molar-refractivity contribution in [2.75, 3.05) is 13.1 Å². The lowest BCUT2D eigenvalue weighted by atomic mass is 9.53. The van der Waals surface area contributed by atoms with Crippen LogP contribution in [0.4, 0.5) is 4.79 Å². The van der Waals surface area contributed by atoms with E-state index in [2.05, 4.69) is 41.7 Å². The second-order valence-electron chi connectivity index (χ2n) is 18.9. The quantitative estimate of drug-likeness (QED) is 0.116. The van der Waals surface area contributed by atoms with Crippen LogP contribution in [0.3, 0.4) is 0 Å². The molecule has 6 aliphatic carbocycles. The second-order valence-corrected chi connectivity index (χ2v) is 18.9. The van der Waals surface area contributed by atoms with E-state index in [-0.39, 0.29) is 60.0 Å². The maximum absolute atomic E-state index is 14.7. The number of urea groups is 1. The number of hydrogen-bond acceptors (Lipinski definition) is 7. The van der Waals surface area contributed by atoms with Gasteiger partial charge in [-0.05, 0) is 126 Å². The number of hydrogen-bond donors (Lipinski definition) is 4. The van der Waals surface area contributed by atoms with Gasteiger partial charge >= 0.3 is 12.0 Å². The third kappa shape index (κ3) is 8.77. The van der Waals surface area contributed by atoms with E-state index in [0.717, 1.165) is 51.4 Å². The van der Waals surface area contributed by atoms with Crippen LogP contribution in [0.2, 0.25) is 0 Å². The highest BCUT2D eigenvalue weighted by atomic mass is 16.6. The number of esters is 1. The summed E-state index contributed by atoms with van der Waals surface area (Å²) < 4.78 is 5.28. The van der Waals surface area contributed by atoms with Crippen LogP contribution in [-0.4, -0.2) is 82.8 Å². The molecular weight excluding hydrogens is 674 g/mol. The number of Topliss-reactive ketones (excluding diaryl/α,β-unsaturated/α-hetero) is 1. The fourth-order valence-electron chi connectivity index (χ4n) is 11.2. The first-order chi connectivity index (χ1) is 25.0. The zero-order chi connectivity index (χ0) is 38.3. The van der Waals surface area contributed by atoms with E-state index in [0.29, 0.717) is 30.7 Å². The molecule has 1 heterocycles. The smallest absolute Gasteiger partial charge is 0.315 e. The Bertz CT molecular complexity index is 1430. The summed E-state index contributed by atoms with van der Waals surface area (Å²) in [5, 5.41) is 11.9. The van der Waals surface area contributed by atoms with Gasteiger partial charge in [-0.1, -0.05) is 39.2 Å². The van der Waals surface area contributed by atoms with Crippen molar-refractivity contribution in [2.45, 2.75) is 154 Å². The summed E-state index contributed by atoms with van der Waals surface area (Å²) >= 11 is 0. The molecule has 12 heteroatoms. The minimum Gasteiger partial charge on any atom is -0.460 e. The van der Waals surface area contributed by atoms with Crippen molar-refractivity contribution >= 4 is 35.5 Å². The first kappa shape index (κ1) is 39.3. The summed E-state index contributed by atoms with van der Waals surface area (Å²) in [6.07, 6.45) is 13.6. The summed E-state index contributed by atoms with van der Waals surface area (Å²) in [6.45, 7) is 13.5. The largest absolute Gasteiger partial charge is 0.460 e. The van der Waals surface area contributed by atoms with Gasteiger partial charge in [-0.25, -0.2) is 4.79 Å². The van der Waals surface area contributed by atoms with Crippen LogP contribution in [0.1, 0.15) is 125 Å². The fraction of sp³-hybridized carbons (Fsp3) is 0.805. The molecule has 5 atom stereocenters. The predicted octanol–water partition coefficient (Wildman–Crippen LogP) is 4.55. The number of likely N-dealkylation sites (tertiary alicyclic amines) is 1. The monoisotopic (exact) mass is 737 g/mol. The number of carbonyl (C=O) groups is 6. The Kier molecular flexibility index (Phi) is 11.4. The van der Waals surface area contributed by atoms with E-state index in [1.165, 1.54) is 19.3 Å². The highest BCUT2D eigenvalue weighted by Gasteiger charge is 2.70. The molecule has 7 fully saturated rings. The topological polar surface area (TPSA) is 163 Å². The molecule has 294 valence electrons. The van der Waals surface area contributed by atoms with Crippen molar-refractivity contribution < 1.29 is 33.5 Å². The number of carbonyl (C=O) groups excluding carboxylic acids is 6. The molecule has 0 aromatic rings. The zero-order valence-electron chi connectivity index (χ0n) is 32.6. The highest BCUT2D eigenvalue weighted by molar-refractivity contribution is 6.38. The van der Waals surface area contributed by atoms with E-state index >= 15 is 0 Å². The van der Waals surface area contributed by atoms with Gasteiger partial charge in [-0.2, -0.15) is 0 Å². The number of ketones is 1. The summed E-state index contributed by atoms with van der Waals surface area (Å²) in [5.41, 5.74) is -1.05. The molecule has 7 rings (SSSR count). The van der Waals surface area contributed by atoms with Crippen molar-refractivity contribution in [1.82, 2.24) is 26.2 Å². The molecule has 0 radical (unpaired) electrons. The van der Waals surface area contributed by atoms with Gasteiger partial charge in [0.15, 0.2) is 0 Å². The number of nitrogens with one attached hydrogen (secondary N) is 4. The Morgan fingerprint density at radius 1 is 0.925 bits per heavy atom. The maximum Gasteiger partial charge on any atom is 0.315 e. The molecule has 0 aromatic heterocycles. The third-order valence-electron chi connectivity index (χ3n) is 13.4. The van der Waals surface area contributed by atoms with Gasteiger partial charge in [0.1, 0.15) is 17.7 Å². The van der Waals surface area contributed by atoms with Crippen LogP contribution < -0.4 is 21.3 Å². The van der Waals surface area contributed by atoms with E-state index in [4.69, 9.17) is 4.74 Å². The van der Waals surface area contributed by atoms with Crippen LogP contribution in [0.25, 0.3) is 0 Å². The van der Waals surface area contributed by atoms with Crippen molar-refractivity contribution in [3.8, 4) is 0 Å². The van der Waals surface area contributed by atoms with Crippen molar-refractivity contribution in [1.29, 1.82) is 0 Å². The average molecular weight is 738 g/mol. The van der Waals surface area contributed by atoms with Gasteiger partial charge in [-0.3, -0.25) is 24.0 Å². The Labute approximate surface area is 315 Å². The van der Waals surface area contributed by atoms with E-state index in [9.17, 15) is 28.8 Å². The lowest BCUT2D eigenvalue weighted by Gasteiger charge is -2.56. The van der Waals surface area contributed by atoms with Gasteiger partial charge in [0.25, 0.3) is 5.91 Å². The minimum atomic E-state index is -1.14. The second kappa shape index (κ2) is 15.4. The third-order valence-corrected chi connectivity index (χ3v) is 13.4. The van der Waals surface area contributed by atoms with E-state index < -0.39 is 47.3 Å². The molecule has 12 nitrogen and oxygen atoms in total. The molecule has 53 heavy (non-hydrogen) atoms. The van der Waals surface area contributed by atoms with E-state index in [1.54, 1.807) is 31.7 Å². The van der Waals surface area contributed by atoms with Gasteiger partial charge in [0.05, 0.1) is 12.5 Å². The summed E-state index contributed by atoms with van der Waals surface area (Å²) in [7, 11) is 0. The molecular formula is C41H63N5O7. The van der Waals surface area contributed by atoms with Gasteiger partial charge < -0.3 is 30.9 Å². The summed E-state index contributed by atoms with van der Waals surface area (Å²) in [6, 6.07) is -3.02. The van der Waals surface area contributed by atoms with Gasteiger partial charge in [0, 0.05) is 18.6 Å². The van der Waals surface area contributed by atoms with Gasteiger partial charge in [-0.15, -0.1) is 6.58 Å². The Hall–Kier alpha value is -3.44. The molecule has 4 N–H and O–H groups in total. The number of ether oxygens (including phenoxy) is 1. The number of nitrogens with zero attached hydrogens (tertiary/aromatic N) is 1. The maximum atomic E-state index is 14.7. The molecule has 2 unspecified atom stereocenters. The lowest BCUT2D eigenvalue weighted by Crippen LogP contribution is -2.64. The van der Waals surface area contributed by atoms with Crippen LogP contribution >= 0.6 is 0 Å². The molecule has 1 saturated heterocycles. The van der Waals surface area contributed by atoms with Crippen molar-refractivity contribution in [2.24, 2.45) is 40.9 Å². The number of allylic oxidation sites excluding steroid dienone is 1. The molecule has 6 saturated carbocycles. The molecule has 5 amide bonds. The number of amides is 5. The zero-order valence-corrected chi connectivity index (χ0v) is 32.6. The Morgan fingerprint density at radius 2 is 1.55 bits per heavy atom. The molecule has 4 bridgehead atoms. The Morgan fingerprint density at radius 3 is 2.13 bits per heavy atom.